The van der Waals surface area contributed by atoms with Crippen molar-refractivity contribution in [3.8, 4) is 23.0 Å². The van der Waals surface area contributed by atoms with E-state index in [9.17, 15) is 0 Å². The van der Waals surface area contributed by atoms with Crippen molar-refractivity contribution >= 4 is 5.95 Å². The van der Waals surface area contributed by atoms with Crippen molar-refractivity contribution in [2.24, 2.45) is 0 Å². The summed E-state index contributed by atoms with van der Waals surface area (Å²) in [4.78, 5) is 3.95. The number of hydrogen-bond acceptors (Lipinski definition) is 6. The number of para-hydroxylation sites is 1. The van der Waals surface area contributed by atoms with Gasteiger partial charge in [0, 0.05) is 0 Å². The Labute approximate surface area is 91.0 Å². The normalized spacial score (nSPS) is 13.8. The van der Waals surface area contributed by atoms with Gasteiger partial charge >= 0.3 is 0 Å². The highest BCUT2D eigenvalue weighted by Crippen LogP contribution is 2.39. The number of ether oxygens (including phenoxy) is 2. The quantitative estimate of drug-likeness (QED) is 0.772. The third-order valence-corrected chi connectivity index (χ3v) is 2.24. The Balaban J connectivity index is 2.13. The third kappa shape index (κ3) is 1.35. The molecular weight excluding hydrogens is 210 g/mol. The van der Waals surface area contributed by atoms with E-state index in [2.05, 4.69) is 10.1 Å². The molecule has 0 saturated carbocycles. The molecule has 6 heteroatoms. The highest BCUT2D eigenvalue weighted by molar-refractivity contribution is 5.68. The van der Waals surface area contributed by atoms with E-state index in [1.54, 1.807) is 0 Å². The summed E-state index contributed by atoms with van der Waals surface area (Å²) in [6, 6.07) is 5.49. The Morgan fingerprint density at radius 2 is 2.06 bits per heavy atom. The molecule has 0 fully saturated rings. The van der Waals surface area contributed by atoms with Crippen LogP contribution in [0.4, 0.5) is 5.95 Å². The summed E-state index contributed by atoms with van der Waals surface area (Å²) < 4.78 is 16.0. The Hall–Kier alpha value is -2.24. The van der Waals surface area contributed by atoms with Gasteiger partial charge in [0.15, 0.2) is 11.5 Å². The van der Waals surface area contributed by atoms with Crippen LogP contribution < -0.4 is 15.2 Å². The number of rotatable bonds is 1. The Morgan fingerprint density at radius 3 is 2.88 bits per heavy atom. The Morgan fingerprint density at radius 1 is 1.19 bits per heavy atom. The molecule has 3 rings (SSSR count). The molecule has 1 aromatic carbocycles. The molecule has 82 valence electrons. The second-order valence-corrected chi connectivity index (χ2v) is 3.29. The highest BCUT2D eigenvalue weighted by atomic mass is 16.6. The van der Waals surface area contributed by atoms with E-state index >= 15 is 0 Å². The summed E-state index contributed by atoms with van der Waals surface area (Å²) in [5, 5.41) is 3.54. The predicted octanol–water partition coefficient (Wildman–Crippen LogP) is 1.09. The Kier molecular flexibility index (Phi) is 1.92. The van der Waals surface area contributed by atoms with Crippen molar-refractivity contribution in [1.29, 1.82) is 0 Å². The molecule has 0 saturated heterocycles. The first-order valence-corrected chi connectivity index (χ1v) is 4.83. The van der Waals surface area contributed by atoms with Crippen LogP contribution in [0, 0.1) is 0 Å². The van der Waals surface area contributed by atoms with E-state index in [1.807, 2.05) is 18.2 Å². The van der Waals surface area contributed by atoms with E-state index in [0.717, 1.165) is 0 Å². The molecule has 0 amide bonds. The predicted molar refractivity (Wildman–Crippen MR) is 55.1 cm³/mol. The lowest BCUT2D eigenvalue weighted by Crippen LogP contribution is -2.15. The largest absolute Gasteiger partial charge is 0.486 e. The van der Waals surface area contributed by atoms with Gasteiger partial charge < -0.3 is 19.7 Å². The van der Waals surface area contributed by atoms with Gasteiger partial charge in [-0.15, -0.1) is 0 Å². The van der Waals surface area contributed by atoms with Gasteiger partial charge in [0.25, 0.3) is 11.8 Å². The van der Waals surface area contributed by atoms with E-state index < -0.39 is 0 Å². The fraction of sp³-hybridized carbons (Fsp3) is 0.200. The molecule has 1 aromatic heterocycles. The number of hydrogen-bond donors (Lipinski definition) is 1. The van der Waals surface area contributed by atoms with Gasteiger partial charge in [0.2, 0.25) is 0 Å². The lowest BCUT2D eigenvalue weighted by Gasteiger charge is -2.19. The highest BCUT2D eigenvalue weighted by Gasteiger charge is 2.20. The van der Waals surface area contributed by atoms with Gasteiger partial charge in [-0.3, -0.25) is 0 Å². The van der Waals surface area contributed by atoms with Crippen LogP contribution >= 0.6 is 0 Å². The average Bonchev–Trinajstić information content (AvgIpc) is 2.75. The molecular formula is C10H9N3O3. The van der Waals surface area contributed by atoms with Gasteiger partial charge in [-0.1, -0.05) is 6.07 Å². The van der Waals surface area contributed by atoms with Crippen molar-refractivity contribution in [1.82, 2.24) is 10.1 Å². The van der Waals surface area contributed by atoms with Gasteiger partial charge in [0.05, 0.1) is 5.56 Å². The molecule has 2 aromatic rings. The summed E-state index contributed by atoms with van der Waals surface area (Å²) in [6.07, 6.45) is 0. The van der Waals surface area contributed by atoms with Crippen LogP contribution in [-0.4, -0.2) is 23.4 Å². The first-order chi connectivity index (χ1) is 7.84. The van der Waals surface area contributed by atoms with E-state index in [4.69, 9.17) is 19.7 Å². The topological polar surface area (TPSA) is 83.4 Å². The van der Waals surface area contributed by atoms with Crippen LogP contribution in [0.2, 0.25) is 0 Å². The first-order valence-electron chi connectivity index (χ1n) is 4.83. The van der Waals surface area contributed by atoms with Crippen LogP contribution in [0.1, 0.15) is 0 Å². The van der Waals surface area contributed by atoms with E-state index in [0.29, 0.717) is 36.2 Å². The standard InChI is InChI=1S/C10H9N3O3/c11-10-12-9(16-13-10)6-2-1-3-7-8(6)15-5-4-14-7/h1-3H,4-5H2,(H2,11,13). The van der Waals surface area contributed by atoms with Crippen LogP contribution in [0.15, 0.2) is 22.7 Å². The molecule has 2 heterocycles. The fourth-order valence-corrected chi connectivity index (χ4v) is 1.59. The van der Waals surface area contributed by atoms with Crippen molar-refractivity contribution in [3.05, 3.63) is 18.2 Å². The molecule has 2 N–H and O–H groups in total. The number of nitrogen functional groups attached to an aromatic ring is 1. The molecule has 1 aliphatic rings. The summed E-state index contributed by atoms with van der Waals surface area (Å²) in [6.45, 7) is 1.05. The minimum absolute atomic E-state index is 0.101. The van der Waals surface area contributed by atoms with Crippen LogP contribution in [-0.2, 0) is 0 Å². The van der Waals surface area contributed by atoms with Crippen LogP contribution in [0.3, 0.4) is 0 Å². The number of nitrogens with two attached hydrogens (primary N) is 1. The molecule has 0 bridgehead atoms. The van der Waals surface area contributed by atoms with Gasteiger partial charge in [-0.25, -0.2) is 0 Å². The second-order valence-electron chi connectivity index (χ2n) is 3.29. The summed E-state index contributed by atoms with van der Waals surface area (Å²) in [5.74, 6) is 1.74. The van der Waals surface area contributed by atoms with Crippen LogP contribution in [0.5, 0.6) is 11.5 Å². The maximum Gasteiger partial charge on any atom is 0.263 e. The van der Waals surface area contributed by atoms with Gasteiger partial charge in [-0.05, 0) is 17.3 Å². The SMILES string of the molecule is Nc1noc(-c2cccc3c2OCCO3)n1. The van der Waals surface area contributed by atoms with Crippen molar-refractivity contribution in [3.63, 3.8) is 0 Å². The average molecular weight is 219 g/mol. The molecule has 6 nitrogen and oxygen atoms in total. The fourth-order valence-electron chi connectivity index (χ4n) is 1.59. The molecule has 0 aliphatic carbocycles. The molecule has 16 heavy (non-hydrogen) atoms. The lowest BCUT2D eigenvalue weighted by molar-refractivity contribution is 0.172. The maximum atomic E-state index is 5.52. The number of aromatic nitrogens is 2. The zero-order chi connectivity index (χ0) is 11.0. The number of benzene rings is 1. The van der Waals surface area contributed by atoms with Gasteiger partial charge in [-0.2, -0.15) is 4.98 Å². The molecule has 0 radical (unpaired) electrons. The number of anilines is 1. The Bertz CT molecular complexity index is 524. The smallest absolute Gasteiger partial charge is 0.263 e. The first kappa shape index (κ1) is 9.02. The van der Waals surface area contributed by atoms with Crippen molar-refractivity contribution in [2.75, 3.05) is 18.9 Å². The third-order valence-electron chi connectivity index (χ3n) is 2.24. The van der Waals surface area contributed by atoms with E-state index in [1.165, 1.54) is 0 Å². The van der Waals surface area contributed by atoms with E-state index in [-0.39, 0.29) is 5.95 Å². The lowest BCUT2D eigenvalue weighted by atomic mass is 10.2. The van der Waals surface area contributed by atoms with Crippen LogP contribution in [0.25, 0.3) is 11.5 Å². The van der Waals surface area contributed by atoms with Gasteiger partial charge in [0.1, 0.15) is 13.2 Å². The molecule has 1 aliphatic heterocycles. The summed E-state index contributed by atoms with van der Waals surface area (Å²) in [5.41, 5.74) is 6.10. The molecule has 0 spiro atoms. The minimum Gasteiger partial charge on any atom is -0.486 e. The minimum atomic E-state index is 0.101. The second kappa shape index (κ2) is 3.41. The number of fused-ring (bicyclic) bond motifs is 1. The molecule has 0 atom stereocenters. The van der Waals surface area contributed by atoms with Crippen molar-refractivity contribution in [2.45, 2.75) is 0 Å². The zero-order valence-electron chi connectivity index (χ0n) is 8.34. The maximum absolute atomic E-state index is 5.52. The summed E-state index contributed by atoms with van der Waals surface area (Å²) >= 11 is 0. The number of nitrogens with zero attached hydrogens (tertiary/aromatic N) is 2. The van der Waals surface area contributed by atoms with Crippen molar-refractivity contribution < 1.29 is 14.0 Å². The summed E-state index contributed by atoms with van der Waals surface area (Å²) in [7, 11) is 0. The molecule has 0 unspecified atom stereocenters. The monoisotopic (exact) mass is 219 g/mol. The zero-order valence-corrected chi connectivity index (χ0v) is 8.34.